The average molecular weight is 449 g/mol. The molecule has 0 rings (SSSR count). The second-order valence-corrected chi connectivity index (χ2v) is 8.59. The normalized spacial score (nSPS) is 16.3. The van der Waals surface area contributed by atoms with Crippen LogP contribution in [0.15, 0.2) is 0 Å². The lowest BCUT2D eigenvalue weighted by atomic mass is 9.99. The molecule has 0 aliphatic carbocycles. The fraction of sp³-hybridized carbons (Fsp3) is 0.789. The van der Waals surface area contributed by atoms with Crippen molar-refractivity contribution in [2.24, 2.45) is 17.6 Å². The summed E-state index contributed by atoms with van der Waals surface area (Å²) in [5.74, 6) is -3.18. The van der Waals surface area contributed by atoms with E-state index >= 15 is 0 Å². The van der Waals surface area contributed by atoms with Crippen molar-refractivity contribution in [3.63, 3.8) is 0 Å². The van der Waals surface area contributed by atoms with Gasteiger partial charge in [0.05, 0.1) is 6.10 Å². The van der Waals surface area contributed by atoms with Gasteiger partial charge in [-0.05, 0) is 31.6 Å². The standard InChI is InChI=1S/C19H36N4O6S/c1-9(2)6-12(17(26)23-14(8-30)19(28)29)21-16(25)13(7-10(3)4)22-18(27)15(20)11(5)24/h9-15,24,30H,6-8,20H2,1-5H3,(H,21,25)(H,22,27)(H,23,26)(H,28,29). The van der Waals surface area contributed by atoms with Gasteiger partial charge in [-0.15, -0.1) is 0 Å². The number of aliphatic carboxylic acids is 1. The van der Waals surface area contributed by atoms with Crippen LogP contribution < -0.4 is 21.7 Å². The second kappa shape index (κ2) is 13.5. The Bertz CT molecular complexity index is 600. The van der Waals surface area contributed by atoms with Crippen molar-refractivity contribution in [2.75, 3.05) is 5.75 Å². The number of nitrogens with one attached hydrogen (secondary N) is 3. The van der Waals surface area contributed by atoms with Gasteiger partial charge in [-0.1, -0.05) is 27.7 Å². The third-order valence-corrected chi connectivity index (χ3v) is 4.66. The van der Waals surface area contributed by atoms with Crippen molar-refractivity contribution in [1.82, 2.24) is 16.0 Å². The van der Waals surface area contributed by atoms with Crippen LogP contribution in [0.3, 0.4) is 0 Å². The Morgan fingerprint density at radius 2 is 1.17 bits per heavy atom. The summed E-state index contributed by atoms with van der Waals surface area (Å²) in [5, 5.41) is 26.1. The molecule has 10 nitrogen and oxygen atoms in total. The van der Waals surface area contributed by atoms with Crippen LogP contribution in [0.4, 0.5) is 0 Å². The minimum atomic E-state index is -1.23. The molecular formula is C19H36N4O6S. The number of aliphatic hydroxyl groups excluding tert-OH is 1. The molecule has 30 heavy (non-hydrogen) atoms. The minimum Gasteiger partial charge on any atom is -0.480 e. The number of carbonyl (C=O) groups excluding carboxylic acids is 3. The summed E-state index contributed by atoms with van der Waals surface area (Å²) >= 11 is 3.92. The van der Waals surface area contributed by atoms with Crippen LogP contribution in [0.1, 0.15) is 47.5 Å². The summed E-state index contributed by atoms with van der Waals surface area (Å²) in [4.78, 5) is 48.8. The Labute approximate surface area is 183 Å². The monoisotopic (exact) mass is 448 g/mol. The summed E-state index contributed by atoms with van der Waals surface area (Å²) in [7, 11) is 0. The molecule has 0 bridgehead atoms. The van der Waals surface area contributed by atoms with Gasteiger partial charge in [0.25, 0.3) is 0 Å². The molecule has 0 aliphatic rings. The highest BCUT2D eigenvalue weighted by Crippen LogP contribution is 2.10. The number of aliphatic hydroxyl groups is 1. The van der Waals surface area contributed by atoms with Crippen molar-refractivity contribution in [3.05, 3.63) is 0 Å². The van der Waals surface area contributed by atoms with E-state index in [1.165, 1.54) is 6.92 Å². The number of rotatable bonds is 13. The third-order valence-electron chi connectivity index (χ3n) is 4.30. The molecule has 3 amide bonds. The third kappa shape index (κ3) is 10.3. The predicted molar refractivity (Wildman–Crippen MR) is 116 cm³/mol. The topological polar surface area (TPSA) is 171 Å². The number of hydrogen-bond acceptors (Lipinski definition) is 7. The van der Waals surface area contributed by atoms with Gasteiger partial charge < -0.3 is 31.9 Å². The van der Waals surface area contributed by atoms with E-state index in [-0.39, 0.29) is 30.4 Å². The van der Waals surface area contributed by atoms with Gasteiger partial charge in [-0.2, -0.15) is 12.6 Å². The van der Waals surface area contributed by atoms with E-state index in [1.54, 1.807) is 0 Å². The molecule has 0 saturated carbocycles. The Balaban J connectivity index is 5.43. The maximum absolute atomic E-state index is 12.9. The van der Waals surface area contributed by atoms with Crippen LogP contribution in [-0.2, 0) is 19.2 Å². The molecule has 11 heteroatoms. The highest BCUT2D eigenvalue weighted by Gasteiger charge is 2.31. The van der Waals surface area contributed by atoms with E-state index in [2.05, 4.69) is 28.6 Å². The van der Waals surface area contributed by atoms with E-state index in [0.29, 0.717) is 0 Å². The molecule has 0 spiro atoms. The Morgan fingerprint density at radius 3 is 1.47 bits per heavy atom. The Morgan fingerprint density at radius 1 is 0.800 bits per heavy atom. The van der Waals surface area contributed by atoms with Gasteiger partial charge in [-0.25, -0.2) is 4.79 Å². The van der Waals surface area contributed by atoms with E-state index in [1.807, 2.05) is 27.7 Å². The largest absolute Gasteiger partial charge is 0.480 e. The average Bonchev–Trinajstić information content (AvgIpc) is 2.62. The maximum Gasteiger partial charge on any atom is 0.327 e. The molecule has 0 saturated heterocycles. The molecule has 0 aromatic carbocycles. The predicted octanol–water partition coefficient (Wildman–Crippen LogP) is -0.744. The highest BCUT2D eigenvalue weighted by molar-refractivity contribution is 7.80. The number of amides is 3. The summed E-state index contributed by atoms with van der Waals surface area (Å²) in [5.41, 5.74) is 5.63. The molecule has 0 heterocycles. The lowest BCUT2D eigenvalue weighted by molar-refractivity contribution is -0.141. The molecule has 0 aromatic heterocycles. The van der Waals surface area contributed by atoms with Crippen LogP contribution in [0.2, 0.25) is 0 Å². The highest BCUT2D eigenvalue weighted by atomic mass is 32.1. The summed E-state index contributed by atoms with van der Waals surface area (Å²) in [6.07, 6.45) is -0.540. The lowest BCUT2D eigenvalue weighted by Gasteiger charge is -2.27. The van der Waals surface area contributed by atoms with Crippen LogP contribution in [0, 0.1) is 11.8 Å². The van der Waals surface area contributed by atoms with Gasteiger partial charge >= 0.3 is 5.97 Å². The van der Waals surface area contributed by atoms with Gasteiger partial charge in [-0.3, -0.25) is 14.4 Å². The zero-order chi connectivity index (χ0) is 23.6. The zero-order valence-electron chi connectivity index (χ0n) is 18.2. The van der Waals surface area contributed by atoms with Crippen molar-refractivity contribution >= 4 is 36.3 Å². The summed E-state index contributed by atoms with van der Waals surface area (Å²) < 4.78 is 0. The first-order valence-corrected chi connectivity index (χ1v) is 10.6. The first-order chi connectivity index (χ1) is 13.8. The smallest absolute Gasteiger partial charge is 0.327 e. The van der Waals surface area contributed by atoms with Gasteiger partial charge in [0.2, 0.25) is 17.7 Å². The van der Waals surface area contributed by atoms with Gasteiger partial charge in [0.1, 0.15) is 24.2 Å². The number of carboxylic acids is 1. The van der Waals surface area contributed by atoms with Crippen molar-refractivity contribution < 1.29 is 29.4 Å². The Hall–Kier alpha value is -1.85. The minimum absolute atomic E-state index is 0.0298. The maximum atomic E-state index is 12.9. The van der Waals surface area contributed by atoms with Gasteiger partial charge in [0.15, 0.2) is 0 Å². The van der Waals surface area contributed by atoms with Crippen LogP contribution >= 0.6 is 12.6 Å². The fourth-order valence-corrected chi connectivity index (χ4v) is 2.87. The number of thiol groups is 1. The van der Waals surface area contributed by atoms with Crippen LogP contribution in [0.5, 0.6) is 0 Å². The summed E-state index contributed by atoms with van der Waals surface area (Å²) in [6, 6.07) is -4.35. The molecule has 0 fully saturated rings. The number of carbonyl (C=O) groups is 4. The summed E-state index contributed by atoms with van der Waals surface area (Å²) in [6.45, 7) is 8.81. The van der Waals surface area contributed by atoms with Crippen LogP contribution in [0.25, 0.3) is 0 Å². The lowest BCUT2D eigenvalue weighted by Crippen LogP contribution is -2.58. The number of hydrogen-bond donors (Lipinski definition) is 7. The first-order valence-electron chi connectivity index (χ1n) is 9.98. The number of carboxylic acid groups (broad SMARTS) is 1. The molecule has 5 unspecified atom stereocenters. The van der Waals surface area contributed by atoms with E-state index in [0.717, 1.165) is 0 Å². The van der Waals surface area contributed by atoms with Crippen molar-refractivity contribution in [2.45, 2.75) is 77.7 Å². The molecule has 7 N–H and O–H groups in total. The molecule has 0 aromatic rings. The first kappa shape index (κ1) is 28.1. The second-order valence-electron chi connectivity index (χ2n) is 8.23. The van der Waals surface area contributed by atoms with Crippen LogP contribution in [-0.4, -0.2) is 69.9 Å². The molecule has 5 atom stereocenters. The molecule has 0 radical (unpaired) electrons. The molecule has 0 aliphatic heterocycles. The fourth-order valence-electron chi connectivity index (χ4n) is 2.62. The van der Waals surface area contributed by atoms with E-state index in [9.17, 15) is 24.3 Å². The van der Waals surface area contributed by atoms with Crippen molar-refractivity contribution in [1.29, 1.82) is 0 Å². The quantitative estimate of drug-likeness (QED) is 0.182. The van der Waals surface area contributed by atoms with Crippen molar-refractivity contribution in [3.8, 4) is 0 Å². The molecule has 174 valence electrons. The van der Waals surface area contributed by atoms with E-state index in [4.69, 9.17) is 10.8 Å². The Kier molecular flexibility index (Phi) is 12.6. The molecular weight excluding hydrogens is 412 g/mol. The van der Waals surface area contributed by atoms with E-state index < -0.39 is 54.0 Å². The SMILES string of the molecule is CC(C)CC(NC(=O)C(CC(C)C)NC(=O)C(N)C(C)O)C(=O)NC(CS)C(=O)O. The number of nitrogens with two attached hydrogens (primary N) is 1. The van der Waals surface area contributed by atoms with Gasteiger partial charge in [0, 0.05) is 5.75 Å². The zero-order valence-corrected chi connectivity index (χ0v) is 19.1.